The van der Waals surface area contributed by atoms with Crippen LogP contribution in [-0.4, -0.2) is 41.3 Å². The Morgan fingerprint density at radius 2 is 1.93 bits per heavy atom. The molecule has 1 aliphatic heterocycles. The topological polar surface area (TPSA) is 49.8 Å². The maximum atomic E-state index is 13.3. The minimum atomic E-state index is -1.01. The van der Waals surface area contributed by atoms with Gasteiger partial charge in [0, 0.05) is 24.5 Å². The normalized spacial score (nSPS) is 36.7. The van der Waals surface area contributed by atoms with Crippen molar-refractivity contribution in [2.75, 3.05) is 19.7 Å². The van der Waals surface area contributed by atoms with E-state index in [-0.39, 0.29) is 17.4 Å². The van der Waals surface area contributed by atoms with Crippen LogP contribution in [0.1, 0.15) is 57.6 Å². The maximum Gasteiger partial charge on any atom is 0.316 e. The molecule has 4 atom stereocenters. The van der Waals surface area contributed by atoms with Crippen molar-refractivity contribution in [2.45, 2.75) is 57.6 Å². The van der Waals surface area contributed by atoms with Gasteiger partial charge in [0.05, 0.1) is 12.2 Å². The molecule has 0 radical (unpaired) electrons. The molecule has 0 spiro atoms. The van der Waals surface area contributed by atoms with Gasteiger partial charge in [-0.15, -0.1) is 0 Å². The van der Waals surface area contributed by atoms with Crippen LogP contribution in [0.3, 0.4) is 0 Å². The highest BCUT2D eigenvalue weighted by Crippen LogP contribution is 2.63. The van der Waals surface area contributed by atoms with Gasteiger partial charge >= 0.3 is 5.97 Å². The van der Waals surface area contributed by atoms with Crippen molar-refractivity contribution in [2.24, 2.45) is 10.8 Å². The summed E-state index contributed by atoms with van der Waals surface area (Å²) in [7, 11) is 0. The lowest BCUT2D eigenvalue weighted by Crippen LogP contribution is -2.75. The molecule has 3 aliphatic rings. The van der Waals surface area contributed by atoms with Crippen LogP contribution in [0.15, 0.2) is 42.5 Å². The first-order chi connectivity index (χ1) is 13.0. The van der Waals surface area contributed by atoms with Crippen molar-refractivity contribution < 1.29 is 14.6 Å². The number of hydrogen-bond donors (Lipinski definition) is 1. The first kappa shape index (κ1) is 18.7. The standard InChI is InChI=1S/C23H31NO3/c1-3-27-20(25)22-14-9-13-21(12-7-8-15-23(21,22)26)16-24(17-22)18(2)19-10-5-4-6-11-19/h4-8,10-11,18,26H,3,9,12-17H2,1-2H3/t18-,21+,22+,23-/m0/s1. The van der Waals surface area contributed by atoms with Crippen LogP contribution < -0.4 is 0 Å². The number of likely N-dealkylation sites (tertiary alicyclic amines) is 1. The first-order valence-electron chi connectivity index (χ1n) is 10.3. The number of carbonyl (C=O) groups is 1. The number of carbonyl (C=O) groups excluding carboxylic acids is 1. The van der Waals surface area contributed by atoms with Crippen LogP contribution in [0.4, 0.5) is 0 Å². The Hall–Kier alpha value is -1.65. The lowest BCUT2D eigenvalue weighted by atomic mass is 9.45. The molecule has 4 nitrogen and oxygen atoms in total. The first-order valence-corrected chi connectivity index (χ1v) is 10.3. The number of hydrogen-bond acceptors (Lipinski definition) is 4. The maximum absolute atomic E-state index is 13.3. The van der Waals surface area contributed by atoms with Gasteiger partial charge in [-0.3, -0.25) is 9.69 Å². The monoisotopic (exact) mass is 369 g/mol. The van der Waals surface area contributed by atoms with Gasteiger partial charge in [0.25, 0.3) is 0 Å². The van der Waals surface area contributed by atoms with E-state index in [0.29, 0.717) is 26.0 Å². The molecular weight excluding hydrogens is 338 g/mol. The van der Waals surface area contributed by atoms with Crippen LogP contribution in [-0.2, 0) is 9.53 Å². The Morgan fingerprint density at radius 3 is 2.67 bits per heavy atom. The Morgan fingerprint density at radius 1 is 1.19 bits per heavy atom. The zero-order valence-corrected chi connectivity index (χ0v) is 16.5. The summed E-state index contributed by atoms with van der Waals surface area (Å²) in [6.07, 6.45) is 8.30. The zero-order chi connectivity index (χ0) is 19.1. The molecule has 1 aromatic rings. The van der Waals surface area contributed by atoms with E-state index in [1.54, 1.807) is 0 Å². The van der Waals surface area contributed by atoms with Crippen LogP contribution in [0.25, 0.3) is 0 Å². The minimum absolute atomic E-state index is 0.199. The fraction of sp³-hybridized carbons (Fsp3) is 0.609. The molecule has 0 unspecified atom stereocenters. The molecule has 2 fully saturated rings. The molecule has 1 aromatic carbocycles. The van der Waals surface area contributed by atoms with E-state index in [0.717, 1.165) is 25.8 Å². The fourth-order valence-corrected chi connectivity index (χ4v) is 5.99. The third-order valence-electron chi connectivity index (χ3n) is 7.49. The molecule has 2 bridgehead atoms. The van der Waals surface area contributed by atoms with Crippen molar-refractivity contribution in [3.63, 3.8) is 0 Å². The average molecular weight is 370 g/mol. The number of nitrogens with zero attached hydrogens (tertiary/aromatic N) is 1. The SMILES string of the molecule is CCOC(=O)[C@]12CCC[C@]3(CC=CC[C@]31O)CN([C@@H](C)c1ccccc1)C2. The molecule has 1 saturated heterocycles. The molecule has 0 aromatic heterocycles. The molecule has 1 saturated carbocycles. The fourth-order valence-electron chi connectivity index (χ4n) is 5.99. The van der Waals surface area contributed by atoms with Crippen molar-refractivity contribution in [1.29, 1.82) is 0 Å². The number of esters is 1. The van der Waals surface area contributed by atoms with E-state index in [9.17, 15) is 9.90 Å². The highest BCUT2D eigenvalue weighted by atomic mass is 16.5. The van der Waals surface area contributed by atoms with Gasteiger partial charge in [-0.25, -0.2) is 0 Å². The van der Waals surface area contributed by atoms with Crippen LogP contribution in [0.2, 0.25) is 0 Å². The summed E-state index contributed by atoms with van der Waals surface area (Å²) in [5.41, 5.74) is -0.865. The second-order valence-electron chi connectivity index (χ2n) is 8.67. The quantitative estimate of drug-likeness (QED) is 0.647. The van der Waals surface area contributed by atoms with Crippen LogP contribution in [0.5, 0.6) is 0 Å². The van der Waals surface area contributed by atoms with Crippen LogP contribution >= 0.6 is 0 Å². The summed E-state index contributed by atoms with van der Waals surface area (Å²) in [5, 5.41) is 12.0. The van der Waals surface area contributed by atoms with Gasteiger partial charge in [-0.2, -0.15) is 0 Å². The van der Waals surface area contributed by atoms with E-state index in [2.05, 4.69) is 48.2 Å². The third-order valence-corrected chi connectivity index (χ3v) is 7.49. The predicted molar refractivity (Wildman–Crippen MR) is 105 cm³/mol. The number of rotatable bonds is 4. The average Bonchev–Trinajstić information content (AvgIpc) is 2.67. The molecule has 2 aliphatic carbocycles. The summed E-state index contributed by atoms with van der Waals surface area (Å²) in [5.74, 6) is -0.211. The Labute approximate surface area is 162 Å². The summed E-state index contributed by atoms with van der Waals surface area (Å²) < 4.78 is 5.55. The Kier molecular flexibility index (Phi) is 4.68. The summed E-state index contributed by atoms with van der Waals surface area (Å²) in [4.78, 5) is 15.7. The number of ether oxygens (including phenoxy) is 1. The molecule has 4 heteroatoms. The Bertz CT molecular complexity index is 732. The molecule has 27 heavy (non-hydrogen) atoms. The lowest BCUT2D eigenvalue weighted by Gasteiger charge is -2.66. The number of allylic oxidation sites excluding steroid dienone is 1. The van der Waals surface area contributed by atoms with E-state index in [1.165, 1.54) is 5.56 Å². The molecule has 1 heterocycles. The van der Waals surface area contributed by atoms with Gasteiger partial charge in [-0.05, 0) is 45.1 Å². The zero-order valence-electron chi connectivity index (χ0n) is 16.5. The van der Waals surface area contributed by atoms with Crippen LogP contribution in [0, 0.1) is 10.8 Å². The van der Waals surface area contributed by atoms with Gasteiger partial charge in [0.15, 0.2) is 0 Å². The van der Waals surface area contributed by atoms with E-state index in [1.807, 2.05) is 13.0 Å². The van der Waals surface area contributed by atoms with Gasteiger partial charge in [0.1, 0.15) is 5.41 Å². The van der Waals surface area contributed by atoms with E-state index >= 15 is 0 Å². The predicted octanol–water partition coefficient (Wildman–Crippen LogP) is 3.86. The molecule has 146 valence electrons. The number of piperidine rings is 1. The van der Waals surface area contributed by atoms with Crippen molar-refractivity contribution in [1.82, 2.24) is 4.90 Å². The van der Waals surface area contributed by atoms with E-state index in [4.69, 9.17) is 4.74 Å². The highest BCUT2D eigenvalue weighted by molar-refractivity contribution is 5.80. The number of benzene rings is 1. The van der Waals surface area contributed by atoms with Gasteiger partial charge < -0.3 is 9.84 Å². The lowest BCUT2D eigenvalue weighted by molar-refractivity contribution is -0.254. The second kappa shape index (κ2) is 6.75. The smallest absolute Gasteiger partial charge is 0.316 e. The van der Waals surface area contributed by atoms with E-state index < -0.39 is 11.0 Å². The summed E-state index contributed by atoms with van der Waals surface area (Å²) in [6.45, 7) is 5.80. The van der Waals surface area contributed by atoms with Crippen molar-refractivity contribution in [3.8, 4) is 0 Å². The summed E-state index contributed by atoms with van der Waals surface area (Å²) >= 11 is 0. The van der Waals surface area contributed by atoms with Gasteiger partial charge in [0.2, 0.25) is 0 Å². The minimum Gasteiger partial charge on any atom is -0.465 e. The van der Waals surface area contributed by atoms with Crippen molar-refractivity contribution in [3.05, 3.63) is 48.0 Å². The second-order valence-corrected chi connectivity index (χ2v) is 8.67. The molecular formula is C23H31NO3. The summed E-state index contributed by atoms with van der Waals surface area (Å²) in [6, 6.07) is 10.7. The van der Waals surface area contributed by atoms with Crippen molar-refractivity contribution >= 4 is 5.97 Å². The highest BCUT2D eigenvalue weighted by Gasteiger charge is 2.71. The van der Waals surface area contributed by atoms with Gasteiger partial charge in [-0.1, -0.05) is 48.9 Å². The largest absolute Gasteiger partial charge is 0.465 e. The molecule has 4 rings (SSSR count). The molecule has 0 amide bonds. The third kappa shape index (κ3) is 2.60. The molecule has 1 N–H and O–H groups in total. The Balaban J connectivity index is 1.77. The number of aliphatic hydroxyl groups is 1.